The minimum Gasteiger partial charge on any atom is -0.497 e. The van der Waals surface area contributed by atoms with Gasteiger partial charge in [-0.05, 0) is 48.6 Å². The third kappa shape index (κ3) is 2.88. The minimum absolute atomic E-state index is 0.184. The molecule has 0 unspecified atom stereocenters. The molecular formula is C19H14N2O3S. The average molecular weight is 350 g/mol. The number of ketones is 1. The molecule has 0 N–H and O–H groups in total. The molecule has 0 spiro atoms. The van der Waals surface area contributed by atoms with Crippen LogP contribution in [0.15, 0.2) is 64.7 Å². The number of imidazole rings is 1. The Hall–Kier alpha value is -3.12. The van der Waals surface area contributed by atoms with Crippen LogP contribution in [0.4, 0.5) is 0 Å². The van der Waals surface area contributed by atoms with Crippen molar-refractivity contribution in [3.05, 3.63) is 71.8 Å². The minimum atomic E-state index is -0.184. The highest BCUT2D eigenvalue weighted by atomic mass is 32.1. The highest BCUT2D eigenvalue weighted by molar-refractivity contribution is 7.15. The van der Waals surface area contributed by atoms with Gasteiger partial charge in [0.05, 0.1) is 24.8 Å². The molecular weight excluding hydrogens is 336 g/mol. The lowest BCUT2D eigenvalue weighted by atomic mass is 10.1. The van der Waals surface area contributed by atoms with Gasteiger partial charge in [-0.1, -0.05) is 0 Å². The summed E-state index contributed by atoms with van der Waals surface area (Å²) in [5, 5.41) is 1.96. The Kier molecular flexibility index (Phi) is 3.95. The molecule has 0 radical (unpaired) electrons. The number of ether oxygens (including phenoxy) is 1. The number of nitrogens with zero attached hydrogens (tertiary/aromatic N) is 2. The van der Waals surface area contributed by atoms with E-state index in [4.69, 9.17) is 14.1 Å². The number of rotatable bonds is 5. The van der Waals surface area contributed by atoms with Crippen molar-refractivity contribution in [2.75, 3.05) is 7.11 Å². The molecule has 5 nitrogen and oxygen atoms in total. The van der Waals surface area contributed by atoms with E-state index in [0.29, 0.717) is 5.76 Å². The topological polar surface area (TPSA) is 56.7 Å². The van der Waals surface area contributed by atoms with Crippen molar-refractivity contribution in [2.24, 2.45) is 0 Å². The molecule has 0 atom stereocenters. The second-order valence-corrected chi connectivity index (χ2v) is 6.18. The lowest BCUT2D eigenvalue weighted by molar-refractivity contribution is 0.102. The van der Waals surface area contributed by atoms with E-state index in [0.717, 1.165) is 27.7 Å². The van der Waals surface area contributed by atoms with Crippen LogP contribution < -0.4 is 4.74 Å². The molecule has 0 aliphatic heterocycles. The zero-order chi connectivity index (χ0) is 17.2. The first-order chi connectivity index (χ1) is 12.3. The van der Waals surface area contributed by atoms with Gasteiger partial charge in [-0.25, -0.2) is 4.98 Å². The molecule has 4 aromatic rings. The highest BCUT2D eigenvalue weighted by Gasteiger charge is 2.14. The molecule has 0 bridgehead atoms. The molecule has 3 heterocycles. The molecule has 0 saturated carbocycles. The number of furan rings is 1. The first kappa shape index (κ1) is 15.4. The number of methoxy groups -OCH3 is 1. The van der Waals surface area contributed by atoms with E-state index in [2.05, 4.69) is 0 Å². The van der Waals surface area contributed by atoms with E-state index in [-0.39, 0.29) is 5.78 Å². The van der Waals surface area contributed by atoms with E-state index < -0.39 is 0 Å². The van der Waals surface area contributed by atoms with E-state index in [1.54, 1.807) is 36.7 Å². The summed E-state index contributed by atoms with van der Waals surface area (Å²) in [6.07, 6.45) is 6.71. The summed E-state index contributed by atoms with van der Waals surface area (Å²) in [6, 6.07) is 11.0. The summed E-state index contributed by atoms with van der Waals surface area (Å²) in [4.78, 5) is 17.7. The average Bonchev–Trinajstić information content (AvgIpc) is 3.37. The number of fused-ring (bicyclic) bond motifs is 1. The van der Waals surface area contributed by atoms with Gasteiger partial charge in [-0.2, -0.15) is 0 Å². The number of carbonyl (C=O) groups excluding carboxylic acids is 1. The standard InChI is InChI=1S/C19H14N2O3S/c1-23-14-6-4-13(5-7-14)18-15(21-10-12-25-19(21)20-18)8-9-16(22)17-3-2-11-24-17/h2-12H,1H3/b9-8+. The van der Waals surface area contributed by atoms with Gasteiger partial charge in [0.1, 0.15) is 5.75 Å². The number of hydrogen-bond donors (Lipinski definition) is 0. The largest absolute Gasteiger partial charge is 0.497 e. The Morgan fingerprint density at radius 1 is 1.28 bits per heavy atom. The second-order valence-electron chi connectivity index (χ2n) is 5.30. The quantitative estimate of drug-likeness (QED) is 0.391. The molecule has 0 saturated heterocycles. The van der Waals surface area contributed by atoms with E-state index >= 15 is 0 Å². The fourth-order valence-electron chi connectivity index (χ4n) is 2.58. The van der Waals surface area contributed by atoms with E-state index in [9.17, 15) is 4.79 Å². The zero-order valence-electron chi connectivity index (χ0n) is 13.4. The van der Waals surface area contributed by atoms with Gasteiger partial charge in [0.15, 0.2) is 10.7 Å². The molecule has 124 valence electrons. The van der Waals surface area contributed by atoms with Crippen molar-refractivity contribution < 1.29 is 13.9 Å². The second kappa shape index (κ2) is 6.41. The normalized spacial score (nSPS) is 11.4. The maximum absolute atomic E-state index is 12.2. The van der Waals surface area contributed by atoms with Crippen LogP contribution in [0.3, 0.4) is 0 Å². The molecule has 0 aliphatic rings. The molecule has 6 heteroatoms. The molecule has 4 rings (SSSR count). The molecule has 0 aliphatic carbocycles. The third-order valence-electron chi connectivity index (χ3n) is 3.82. The van der Waals surface area contributed by atoms with Crippen LogP contribution >= 0.6 is 11.3 Å². The summed E-state index contributed by atoms with van der Waals surface area (Å²) in [6.45, 7) is 0. The summed E-state index contributed by atoms with van der Waals surface area (Å²) in [7, 11) is 1.63. The lowest BCUT2D eigenvalue weighted by Gasteiger charge is -2.02. The van der Waals surface area contributed by atoms with E-state index in [1.807, 2.05) is 40.2 Å². The molecule has 0 amide bonds. The number of carbonyl (C=O) groups is 1. The number of thiazole rings is 1. The van der Waals surface area contributed by atoms with Crippen molar-refractivity contribution >= 4 is 28.2 Å². The molecule has 25 heavy (non-hydrogen) atoms. The summed E-state index contributed by atoms with van der Waals surface area (Å²) in [5.74, 6) is 0.916. The van der Waals surface area contributed by atoms with E-state index in [1.165, 1.54) is 12.3 Å². The summed E-state index contributed by atoms with van der Waals surface area (Å²) < 4.78 is 12.3. The fraction of sp³-hybridized carbons (Fsp3) is 0.0526. The van der Waals surface area contributed by atoms with Crippen LogP contribution in [0.25, 0.3) is 22.3 Å². The van der Waals surface area contributed by atoms with Crippen molar-refractivity contribution in [2.45, 2.75) is 0 Å². The number of benzene rings is 1. The van der Waals surface area contributed by atoms with Crippen LogP contribution in [0.1, 0.15) is 16.2 Å². The van der Waals surface area contributed by atoms with Crippen molar-refractivity contribution in [1.82, 2.24) is 9.38 Å². The predicted molar refractivity (Wildman–Crippen MR) is 97.1 cm³/mol. The predicted octanol–water partition coefficient (Wildman–Crippen LogP) is 4.56. The van der Waals surface area contributed by atoms with Gasteiger partial charge in [0, 0.05) is 17.1 Å². The van der Waals surface area contributed by atoms with Crippen molar-refractivity contribution in [3.8, 4) is 17.0 Å². The monoisotopic (exact) mass is 350 g/mol. The smallest absolute Gasteiger partial charge is 0.221 e. The van der Waals surface area contributed by atoms with Crippen LogP contribution in [0, 0.1) is 0 Å². The Morgan fingerprint density at radius 3 is 2.84 bits per heavy atom. The first-order valence-corrected chi connectivity index (χ1v) is 8.50. The Balaban J connectivity index is 1.76. The van der Waals surface area contributed by atoms with Crippen molar-refractivity contribution in [1.29, 1.82) is 0 Å². The Morgan fingerprint density at radius 2 is 2.12 bits per heavy atom. The zero-order valence-corrected chi connectivity index (χ0v) is 14.2. The first-order valence-electron chi connectivity index (χ1n) is 7.62. The summed E-state index contributed by atoms with van der Waals surface area (Å²) in [5.41, 5.74) is 2.63. The maximum atomic E-state index is 12.2. The Bertz CT molecular complexity index is 1040. The highest BCUT2D eigenvalue weighted by Crippen LogP contribution is 2.29. The molecule has 0 fully saturated rings. The molecule has 1 aromatic carbocycles. The maximum Gasteiger partial charge on any atom is 0.221 e. The lowest BCUT2D eigenvalue weighted by Crippen LogP contribution is -1.92. The van der Waals surface area contributed by atoms with Gasteiger partial charge in [0.2, 0.25) is 5.78 Å². The van der Waals surface area contributed by atoms with Crippen LogP contribution in [-0.2, 0) is 0 Å². The number of hydrogen-bond acceptors (Lipinski definition) is 5. The van der Waals surface area contributed by atoms with Crippen LogP contribution in [0.5, 0.6) is 5.75 Å². The fourth-order valence-corrected chi connectivity index (χ4v) is 3.30. The van der Waals surface area contributed by atoms with Gasteiger partial charge in [0.25, 0.3) is 0 Å². The number of allylic oxidation sites excluding steroid dienone is 1. The Labute approximate surface area is 147 Å². The third-order valence-corrected chi connectivity index (χ3v) is 4.58. The summed E-state index contributed by atoms with van der Waals surface area (Å²) >= 11 is 1.55. The van der Waals surface area contributed by atoms with Crippen LogP contribution in [0.2, 0.25) is 0 Å². The van der Waals surface area contributed by atoms with Gasteiger partial charge in [-0.3, -0.25) is 9.20 Å². The van der Waals surface area contributed by atoms with Gasteiger partial charge >= 0.3 is 0 Å². The van der Waals surface area contributed by atoms with Crippen LogP contribution in [-0.4, -0.2) is 22.3 Å². The molecule has 3 aromatic heterocycles. The SMILES string of the molecule is COc1ccc(-c2nc3sccn3c2/C=C/C(=O)c2ccco2)cc1. The van der Waals surface area contributed by atoms with Gasteiger partial charge < -0.3 is 9.15 Å². The van der Waals surface area contributed by atoms with Crippen molar-refractivity contribution in [3.63, 3.8) is 0 Å². The number of aromatic nitrogens is 2. The van der Waals surface area contributed by atoms with Gasteiger partial charge in [-0.15, -0.1) is 11.3 Å².